The molecule has 2 N–H and O–H groups in total. The van der Waals surface area contributed by atoms with E-state index in [-0.39, 0.29) is 30.1 Å². The van der Waals surface area contributed by atoms with Crippen LogP contribution in [0.4, 0.5) is 0 Å². The van der Waals surface area contributed by atoms with Crippen molar-refractivity contribution >= 4 is 29.9 Å². The maximum absolute atomic E-state index is 6.22. The topological polar surface area (TPSA) is 58.1 Å². The first-order valence-corrected chi connectivity index (χ1v) is 11.8. The Morgan fingerprint density at radius 3 is 2.68 bits per heavy atom. The van der Waals surface area contributed by atoms with Gasteiger partial charge in [0.25, 0.3) is 0 Å². The summed E-state index contributed by atoms with van der Waals surface area (Å²) in [6.45, 7) is 14.0. The van der Waals surface area contributed by atoms with E-state index in [1.165, 1.54) is 44.5 Å². The van der Waals surface area contributed by atoms with Gasteiger partial charge in [0.15, 0.2) is 5.96 Å². The van der Waals surface area contributed by atoms with Gasteiger partial charge in [0, 0.05) is 25.1 Å². The molecule has 1 aromatic rings. The summed E-state index contributed by atoms with van der Waals surface area (Å²) in [5.74, 6) is 2.65. The van der Waals surface area contributed by atoms with Crippen LogP contribution in [0.2, 0.25) is 0 Å². The number of hydrogen-bond donors (Lipinski definition) is 2. The van der Waals surface area contributed by atoms with E-state index in [1.54, 1.807) is 0 Å². The first-order valence-electron chi connectivity index (χ1n) is 11.8. The third-order valence-electron chi connectivity index (χ3n) is 6.16. The van der Waals surface area contributed by atoms with Gasteiger partial charge in [-0.3, -0.25) is 0 Å². The van der Waals surface area contributed by atoms with Crippen molar-refractivity contribution in [1.29, 1.82) is 0 Å². The highest BCUT2D eigenvalue weighted by Gasteiger charge is 2.19. The lowest BCUT2D eigenvalue weighted by Crippen LogP contribution is -2.39. The number of ether oxygens (including phenoxy) is 2. The van der Waals surface area contributed by atoms with Crippen LogP contribution in [0.5, 0.6) is 5.75 Å². The molecular weight excluding hydrogens is 503 g/mol. The van der Waals surface area contributed by atoms with Crippen molar-refractivity contribution in [2.45, 2.75) is 59.1 Å². The fourth-order valence-electron chi connectivity index (χ4n) is 4.18. The summed E-state index contributed by atoms with van der Waals surface area (Å²) in [6.07, 6.45) is 4.96. The third-order valence-corrected chi connectivity index (χ3v) is 6.16. The summed E-state index contributed by atoms with van der Waals surface area (Å²) in [7, 11) is 0. The van der Waals surface area contributed by atoms with Crippen LogP contribution < -0.4 is 15.4 Å². The molecule has 0 aromatic heterocycles. The van der Waals surface area contributed by atoms with E-state index in [0.717, 1.165) is 49.3 Å². The summed E-state index contributed by atoms with van der Waals surface area (Å²) < 4.78 is 11.7. The van der Waals surface area contributed by atoms with Gasteiger partial charge in [-0.05, 0) is 70.3 Å². The maximum atomic E-state index is 6.22. The number of likely N-dealkylation sites (tertiary alicyclic amines) is 1. The lowest BCUT2D eigenvalue weighted by Gasteiger charge is -2.31. The first-order chi connectivity index (χ1) is 14.7. The average Bonchev–Trinajstić information content (AvgIpc) is 3.26. The standard InChI is InChI=1S/C24H40N4O2.HI/c1-4-25-24(26-12-8-20-9-13-28(5-2)14-10-20)27-17-21-7-6-19(3)16-23(21)30-22-11-15-29-18-22;/h6-7,16,20,22H,4-5,8-15,17-18H2,1-3H3,(H2,25,26,27);1H. The smallest absolute Gasteiger partial charge is 0.191 e. The highest BCUT2D eigenvalue weighted by Crippen LogP contribution is 2.24. The zero-order chi connectivity index (χ0) is 21.2. The van der Waals surface area contributed by atoms with Crippen LogP contribution in [-0.4, -0.2) is 62.9 Å². The number of nitrogens with zero attached hydrogens (tertiary/aromatic N) is 2. The molecule has 1 atom stereocenters. The summed E-state index contributed by atoms with van der Waals surface area (Å²) in [4.78, 5) is 7.38. The number of aryl methyl sites for hydroxylation is 1. The van der Waals surface area contributed by atoms with Crippen molar-refractivity contribution in [2.75, 3.05) is 45.9 Å². The predicted octanol–water partition coefficient (Wildman–Crippen LogP) is 3.96. The monoisotopic (exact) mass is 544 g/mol. The van der Waals surface area contributed by atoms with E-state index >= 15 is 0 Å². The molecule has 2 saturated heterocycles. The van der Waals surface area contributed by atoms with Crippen LogP contribution in [0.25, 0.3) is 0 Å². The van der Waals surface area contributed by atoms with Crippen LogP contribution in [-0.2, 0) is 11.3 Å². The number of piperidine rings is 1. The maximum Gasteiger partial charge on any atom is 0.191 e. The van der Waals surface area contributed by atoms with Crippen molar-refractivity contribution in [1.82, 2.24) is 15.5 Å². The largest absolute Gasteiger partial charge is 0.488 e. The zero-order valence-electron chi connectivity index (χ0n) is 19.5. The molecule has 2 aliphatic heterocycles. The normalized spacial score (nSPS) is 20.4. The zero-order valence-corrected chi connectivity index (χ0v) is 21.8. The van der Waals surface area contributed by atoms with Gasteiger partial charge in [-0.2, -0.15) is 0 Å². The second-order valence-corrected chi connectivity index (χ2v) is 8.50. The molecule has 1 unspecified atom stereocenters. The van der Waals surface area contributed by atoms with E-state index in [0.29, 0.717) is 13.2 Å². The van der Waals surface area contributed by atoms with Crippen molar-refractivity contribution in [3.8, 4) is 5.75 Å². The number of aliphatic imine (C=N–C) groups is 1. The summed E-state index contributed by atoms with van der Waals surface area (Å²) in [5, 5.41) is 6.91. The third kappa shape index (κ3) is 8.77. The molecule has 0 aliphatic carbocycles. The van der Waals surface area contributed by atoms with E-state index in [1.807, 2.05) is 0 Å². The van der Waals surface area contributed by atoms with Gasteiger partial charge in [0.2, 0.25) is 0 Å². The van der Waals surface area contributed by atoms with E-state index in [2.05, 4.69) is 54.5 Å². The molecule has 0 radical (unpaired) electrons. The average molecular weight is 545 g/mol. The number of guanidine groups is 1. The van der Waals surface area contributed by atoms with Crippen molar-refractivity contribution < 1.29 is 9.47 Å². The Balaban J connectivity index is 0.00000341. The molecule has 31 heavy (non-hydrogen) atoms. The Morgan fingerprint density at radius 1 is 1.19 bits per heavy atom. The molecule has 6 nitrogen and oxygen atoms in total. The van der Waals surface area contributed by atoms with Gasteiger partial charge in [0.1, 0.15) is 11.9 Å². The summed E-state index contributed by atoms with van der Waals surface area (Å²) in [5.41, 5.74) is 2.33. The van der Waals surface area contributed by atoms with Crippen LogP contribution in [0.15, 0.2) is 23.2 Å². The molecule has 7 heteroatoms. The van der Waals surface area contributed by atoms with Crippen LogP contribution in [0.1, 0.15) is 50.7 Å². The molecular formula is C24H41IN4O2. The highest BCUT2D eigenvalue weighted by atomic mass is 127. The molecule has 0 saturated carbocycles. The number of hydrogen-bond acceptors (Lipinski definition) is 4. The number of benzene rings is 1. The van der Waals surface area contributed by atoms with Crippen LogP contribution in [0.3, 0.4) is 0 Å². The Hall–Kier alpha value is -1.06. The van der Waals surface area contributed by atoms with E-state index in [4.69, 9.17) is 14.5 Å². The van der Waals surface area contributed by atoms with Crippen molar-refractivity contribution in [2.24, 2.45) is 10.9 Å². The molecule has 2 aliphatic rings. The van der Waals surface area contributed by atoms with Gasteiger partial charge in [-0.25, -0.2) is 4.99 Å². The van der Waals surface area contributed by atoms with Crippen molar-refractivity contribution in [3.05, 3.63) is 29.3 Å². The lowest BCUT2D eigenvalue weighted by molar-refractivity contribution is 0.140. The predicted molar refractivity (Wildman–Crippen MR) is 139 cm³/mol. The summed E-state index contributed by atoms with van der Waals surface area (Å²) in [6, 6.07) is 6.38. The van der Waals surface area contributed by atoms with Crippen molar-refractivity contribution in [3.63, 3.8) is 0 Å². The highest BCUT2D eigenvalue weighted by molar-refractivity contribution is 14.0. The second kappa shape index (κ2) is 14.2. The Morgan fingerprint density at radius 2 is 2.00 bits per heavy atom. The Kier molecular flexibility index (Phi) is 12.0. The minimum Gasteiger partial charge on any atom is -0.488 e. The van der Waals surface area contributed by atoms with Gasteiger partial charge >= 0.3 is 0 Å². The Bertz CT molecular complexity index is 672. The molecule has 1 aromatic carbocycles. The van der Waals surface area contributed by atoms with Gasteiger partial charge in [0.05, 0.1) is 19.8 Å². The van der Waals surface area contributed by atoms with Gasteiger partial charge in [-0.15, -0.1) is 24.0 Å². The second-order valence-electron chi connectivity index (χ2n) is 8.50. The Labute approximate surface area is 205 Å². The molecule has 2 fully saturated rings. The summed E-state index contributed by atoms with van der Waals surface area (Å²) >= 11 is 0. The minimum absolute atomic E-state index is 0. The molecule has 176 valence electrons. The van der Waals surface area contributed by atoms with E-state index < -0.39 is 0 Å². The fourth-order valence-corrected chi connectivity index (χ4v) is 4.18. The molecule has 0 spiro atoms. The molecule has 0 bridgehead atoms. The minimum atomic E-state index is 0. The van der Waals surface area contributed by atoms with E-state index in [9.17, 15) is 0 Å². The quantitative estimate of drug-likeness (QED) is 0.280. The number of halogens is 1. The van der Waals surface area contributed by atoms with Crippen LogP contribution >= 0.6 is 24.0 Å². The fraction of sp³-hybridized carbons (Fsp3) is 0.708. The SMILES string of the molecule is CCNC(=NCc1ccc(C)cc1OC1CCOC1)NCCC1CCN(CC)CC1.I. The number of nitrogens with one attached hydrogen (secondary N) is 2. The van der Waals surface area contributed by atoms with Gasteiger partial charge in [-0.1, -0.05) is 19.1 Å². The molecule has 0 amide bonds. The molecule has 3 rings (SSSR count). The number of rotatable bonds is 9. The van der Waals surface area contributed by atoms with Crippen LogP contribution in [0, 0.1) is 12.8 Å². The van der Waals surface area contributed by atoms with Gasteiger partial charge < -0.3 is 25.0 Å². The molecule has 2 heterocycles. The first kappa shape index (κ1) is 26.2. The lowest BCUT2D eigenvalue weighted by atomic mass is 9.93.